The molecule has 0 radical (unpaired) electrons. The van der Waals surface area contributed by atoms with Crippen molar-refractivity contribution in [2.45, 2.75) is 32.1 Å². The molecule has 1 saturated carbocycles. The minimum absolute atomic E-state index is 0.0281. The van der Waals surface area contributed by atoms with Crippen LogP contribution in [0.5, 0.6) is 5.75 Å². The van der Waals surface area contributed by atoms with Gasteiger partial charge in [0.05, 0.1) is 22.0 Å². The Labute approximate surface area is 189 Å². The Kier molecular flexibility index (Phi) is 6.06. The van der Waals surface area contributed by atoms with Gasteiger partial charge in [-0.1, -0.05) is 23.7 Å². The predicted octanol–water partition coefficient (Wildman–Crippen LogP) is 4.80. The van der Waals surface area contributed by atoms with E-state index < -0.39 is 11.8 Å². The number of piperidine rings is 1. The number of ketones is 1. The zero-order chi connectivity index (χ0) is 22.9. The zero-order valence-electron chi connectivity index (χ0n) is 17.3. The SMILES string of the molecule is O=C(Nc1cccc(C(=O)N2CCC3(CCCC3=O)CC2)c1O)Nc1cccc(F)c1Cl. The highest BCUT2D eigenvalue weighted by atomic mass is 35.5. The zero-order valence-corrected chi connectivity index (χ0v) is 18.0. The molecule has 2 aromatic carbocycles. The van der Waals surface area contributed by atoms with Crippen LogP contribution in [-0.2, 0) is 4.79 Å². The van der Waals surface area contributed by atoms with Crippen LogP contribution in [0.4, 0.5) is 20.6 Å². The van der Waals surface area contributed by atoms with Gasteiger partial charge in [0.25, 0.3) is 5.91 Å². The van der Waals surface area contributed by atoms with E-state index in [-0.39, 0.29) is 39.0 Å². The molecule has 0 unspecified atom stereocenters. The van der Waals surface area contributed by atoms with Crippen LogP contribution in [0.15, 0.2) is 36.4 Å². The summed E-state index contributed by atoms with van der Waals surface area (Å²) in [5.74, 6) is -1.11. The number of para-hydroxylation sites is 1. The molecule has 9 heteroatoms. The highest BCUT2D eigenvalue weighted by molar-refractivity contribution is 6.34. The third kappa shape index (κ3) is 4.14. The van der Waals surface area contributed by atoms with E-state index in [0.29, 0.717) is 38.1 Å². The van der Waals surface area contributed by atoms with Gasteiger partial charge >= 0.3 is 6.03 Å². The summed E-state index contributed by atoms with van der Waals surface area (Å²) in [6, 6.07) is 7.72. The number of Topliss-reactive ketones (excluding diaryl/α,β-unsaturated/α-hetero) is 1. The maximum Gasteiger partial charge on any atom is 0.323 e. The molecule has 1 aliphatic heterocycles. The highest BCUT2D eigenvalue weighted by Gasteiger charge is 2.44. The second-order valence-corrected chi connectivity index (χ2v) is 8.61. The number of rotatable bonds is 3. The molecule has 1 heterocycles. The average molecular weight is 460 g/mol. The molecular weight excluding hydrogens is 437 g/mol. The van der Waals surface area contributed by atoms with E-state index in [2.05, 4.69) is 10.6 Å². The third-order valence-corrected chi connectivity index (χ3v) is 6.76. The van der Waals surface area contributed by atoms with Crippen LogP contribution in [0.3, 0.4) is 0 Å². The maximum atomic E-state index is 13.6. The third-order valence-electron chi connectivity index (χ3n) is 6.37. The number of phenols is 1. The van der Waals surface area contributed by atoms with Crippen molar-refractivity contribution >= 4 is 40.7 Å². The smallest absolute Gasteiger partial charge is 0.323 e. The number of hydrogen-bond donors (Lipinski definition) is 3. The molecule has 168 valence electrons. The van der Waals surface area contributed by atoms with Crippen molar-refractivity contribution in [3.05, 3.63) is 52.8 Å². The number of anilines is 2. The summed E-state index contributed by atoms with van der Waals surface area (Å²) >= 11 is 5.84. The molecule has 0 aromatic heterocycles. The minimum atomic E-state index is -0.753. The number of nitrogens with zero attached hydrogens (tertiary/aromatic N) is 1. The number of carbonyl (C=O) groups excluding carboxylic acids is 3. The van der Waals surface area contributed by atoms with Crippen molar-refractivity contribution in [1.82, 2.24) is 4.90 Å². The fraction of sp³-hybridized carbons (Fsp3) is 0.348. The Morgan fingerprint density at radius 3 is 2.38 bits per heavy atom. The number of carbonyl (C=O) groups is 3. The number of benzene rings is 2. The quantitative estimate of drug-likeness (QED) is 0.574. The molecule has 2 aromatic rings. The van der Waals surface area contributed by atoms with Gasteiger partial charge in [0.2, 0.25) is 0 Å². The Bertz CT molecular complexity index is 1080. The molecule has 32 heavy (non-hydrogen) atoms. The van der Waals surface area contributed by atoms with Crippen LogP contribution in [0.25, 0.3) is 0 Å². The lowest BCUT2D eigenvalue weighted by Crippen LogP contribution is -2.44. The largest absolute Gasteiger partial charge is 0.505 e. The van der Waals surface area contributed by atoms with Gasteiger partial charge in [-0.2, -0.15) is 0 Å². The second kappa shape index (κ2) is 8.78. The first-order chi connectivity index (χ1) is 15.3. The van der Waals surface area contributed by atoms with Gasteiger partial charge < -0.3 is 20.6 Å². The standard InChI is InChI=1S/C23H23ClFN3O4/c24-19-15(25)5-2-6-16(19)26-22(32)27-17-7-1-4-14(20(17)30)21(31)28-12-10-23(11-13-28)9-3-8-18(23)29/h1-2,4-7,30H,3,8-13H2,(H2,26,27,32). The molecule has 3 N–H and O–H groups in total. The number of halogens is 2. The van der Waals surface area contributed by atoms with Crippen LogP contribution < -0.4 is 10.6 Å². The Morgan fingerprint density at radius 1 is 1.03 bits per heavy atom. The van der Waals surface area contributed by atoms with Gasteiger partial charge in [-0.3, -0.25) is 9.59 Å². The van der Waals surface area contributed by atoms with E-state index in [1.54, 1.807) is 11.0 Å². The van der Waals surface area contributed by atoms with Crippen molar-refractivity contribution in [3.8, 4) is 5.75 Å². The van der Waals surface area contributed by atoms with E-state index in [1.165, 1.54) is 24.3 Å². The normalized spacial score (nSPS) is 17.4. The second-order valence-electron chi connectivity index (χ2n) is 8.23. The van der Waals surface area contributed by atoms with Gasteiger partial charge in [0, 0.05) is 24.9 Å². The van der Waals surface area contributed by atoms with E-state index in [0.717, 1.165) is 18.9 Å². The fourth-order valence-corrected chi connectivity index (χ4v) is 4.70. The summed E-state index contributed by atoms with van der Waals surface area (Å²) in [6.07, 6.45) is 3.67. The first-order valence-corrected chi connectivity index (χ1v) is 10.9. The number of amides is 3. The van der Waals surface area contributed by atoms with Crippen LogP contribution in [-0.4, -0.2) is 40.8 Å². The van der Waals surface area contributed by atoms with Crippen molar-refractivity contribution < 1.29 is 23.9 Å². The summed E-state index contributed by atoms with van der Waals surface area (Å²) in [5, 5.41) is 15.2. The molecule has 0 bridgehead atoms. The summed E-state index contributed by atoms with van der Waals surface area (Å²) in [6.45, 7) is 0.889. The van der Waals surface area contributed by atoms with Crippen LogP contribution >= 0.6 is 11.6 Å². The van der Waals surface area contributed by atoms with E-state index >= 15 is 0 Å². The molecule has 7 nitrogen and oxygen atoms in total. The van der Waals surface area contributed by atoms with Crippen molar-refractivity contribution in [1.29, 1.82) is 0 Å². The predicted molar refractivity (Wildman–Crippen MR) is 119 cm³/mol. The van der Waals surface area contributed by atoms with Crippen LogP contribution in [0.1, 0.15) is 42.5 Å². The Balaban J connectivity index is 1.44. The monoisotopic (exact) mass is 459 g/mol. The average Bonchev–Trinajstić information content (AvgIpc) is 3.12. The summed E-state index contributed by atoms with van der Waals surface area (Å²) < 4.78 is 13.6. The number of likely N-dealkylation sites (tertiary alicyclic amines) is 1. The number of nitrogens with one attached hydrogen (secondary N) is 2. The highest BCUT2D eigenvalue weighted by Crippen LogP contribution is 2.44. The number of hydrogen-bond acceptors (Lipinski definition) is 4. The first-order valence-electron chi connectivity index (χ1n) is 10.5. The molecular formula is C23H23ClFN3O4. The Morgan fingerprint density at radius 2 is 1.69 bits per heavy atom. The molecule has 4 rings (SSSR count). The van der Waals surface area contributed by atoms with Crippen molar-refractivity contribution in [2.75, 3.05) is 23.7 Å². The Hall–Kier alpha value is -3.13. The summed E-state index contributed by atoms with van der Waals surface area (Å²) in [7, 11) is 0. The van der Waals surface area contributed by atoms with Gasteiger partial charge in [-0.25, -0.2) is 9.18 Å². The summed E-state index contributed by atoms with van der Waals surface area (Å²) in [4.78, 5) is 39.2. The van der Waals surface area contributed by atoms with Crippen molar-refractivity contribution in [3.63, 3.8) is 0 Å². The number of phenolic OH excluding ortho intramolecular Hbond substituents is 1. The molecule has 2 fully saturated rings. The lowest BCUT2D eigenvalue weighted by atomic mass is 9.76. The topological polar surface area (TPSA) is 98.7 Å². The number of aromatic hydroxyl groups is 1. The van der Waals surface area contributed by atoms with Crippen LogP contribution in [0.2, 0.25) is 5.02 Å². The molecule has 1 aliphatic carbocycles. The lowest BCUT2D eigenvalue weighted by Gasteiger charge is -2.38. The van der Waals surface area contributed by atoms with Gasteiger partial charge in [-0.05, 0) is 49.9 Å². The van der Waals surface area contributed by atoms with Gasteiger partial charge in [0.1, 0.15) is 11.6 Å². The minimum Gasteiger partial charge on any atom is -0.505 e. The van der Waals surface area contributed by atoms with E-state index in [9.17, 15) is 23.9 Å². The molecule has 2 aliphatic rings. The van der Waals surface area contributed by atoms with Crippen LogP contribution in [0, 0.1) is 11.2 Å². The summed E-state index contributed by atoms with van der Waals surface area (Å²) in [5.41, 5.74) is -0.140. The molecule has 0 atom stereocenters. The van der Waals surface area contributed by atoms with E-state index in [4.69, 9.17) is 11.6 Å². The van der Waals surface area contributed by atoms with Crippen molar-refractivity contribution in [2.24, 2.45) is 5.41 Å². The molecule has 1 saturated heterocycles. The first kappa shape index (κ1) is 22.1. The lowest BCUT2D eigenvalue weighted by molar-refractivity contribution is -0.127. The molecule has 3 amide bonds. The number of urea groups is 1. The van der Waals surface area contributed by atoms with Gasteiger partial charge in [0.15, 0.2) is 5.75 Å². The fourth-order valence-electron chi connectivity index (χ4n) is 4.52. The van der Waals surface area contributed by atoms with E-state index in [1.807, 2.05) is 0 Å². The van der Waals surface area contributed by atoms with Gasteiger partial charge in [-0.15, -0.1) is 0 Å². The molecule has 1 spiro atoms. The maximum absolute atomic E-state index is 13.6.